The number of hydrogen-bond acceptors (Lipinski definition) is 6. The first-order chi connectivity index (χ1) is 11.3. The molecule has 11 heteroatoms. The Hall–Kier alpha value is -2.56. The Bertz CT molecular complexity index is 951. The molecule has 2 heterocycles. The fraction of sp³-hybridized carbons (Fsp3) is 0.231. The number of hydrogen-bond donors (Lipinski definition) is 2. The smallest absolute Gasteiger partial charge is 0.335 e. The summed E-state index contributed by atoms with van der Waals surface area (Å²) < 4.78 is 38.4. The lowest BCUT2D eigenvalue weighted by Gasteiger charge is -2.11. The molecule has 0 aliphatic carbocycles. The van der Waals surface area contributed by atoms with E-state index >= 15 is 0 Å². The first-order valence-electron chi connectivity index (χ1n) is 6.70. The number of alkyl halides is 3. The lowest BCUT2D eigenvalue weighted by atomic mass is 10.2. The molecule has 0 saturated carbocycles. The van der Waals surface area contributed by atoms with E-state index in [2.05, 4.69) is 20.2 Å². The van der Waals surface area contributed by atoms with Gasteiger partial charge in [0.2, 0.25) is 5.16 Å². The van der Waals surface area contributed by atoms with Crippen molar-refractivity contribution in [2.24, 2.45) is 0 Å². The van der Waals surface area contributed by atoms with E-state index in [1.54, 1.807) is 31.2 Å². The van der Waals surface area contributed by atoms with Crippen LogP contribution in [0.25, 0.3) is 10.9 Å². The van der Waals surface area contributed by atoms with E-state index in [0.29, 0.717) is 21.4 Å². The number of aromatic nitrogens is 5. The second-order valence-corrected chi connectivity index (χ2v) is 6.21. The van der Waals surface area contributed by atoms with Gasteiger partial charge in [-0.25, -0.2) is 9.66 Å². The first kappa shape index (κ1) is 16.3. The van der Waals surface area contributed by atoms with Crippen LogP contribution in [0.1, 0.15) is 23.8 Å². The third kappa shape index (κ3) is 2.94. The Labute approximate surface area is 137 Å². The number of nitrogen functional groups attached to an aromatic ring is 1. The van der Waals surface area contributed by atoms with E-state index in [9.17, 15) is 18.0 Å². The molecule has 0 radical (unpaired) electrons. The van der Waals surface area contributed by atoms with E-state index in [4.69, 9.17) is 5.84 Å². The van der Waals surface area contributed by atoms with E-state index < -0.39 is 17.3 Å². The molecule has 3 rings (SSSR count). The van der Waals surface area contributed by atoms with Gasteiger partial charge in [-0.3, -0.25) is 4.79 Å². The molecular weight excluding hydrogens is 345 g/mol. The van der Waals surface area contributed by atoms with Gasteiger partial charge in [-0.15, -0.1) is 10.2 Å². The zero-order chi connectivity index (χ0) is 17.5. The van der Waals surface area contributed by atoms with Crippen LogP contribution in [0.5, 0.6) is 0 Å². The number of thioether (sulfide) groups is 1. The summed E-state index contributed by atoms with van der Waals surface area (Å²) in [5, 5.41) is 6.30. The van der Waals surface area contributed by atoms with Gasteiger partial charge < -0.3 is 10.8 Å². The maximum Gasteiger partial charge on any atom is 0.453 e. The average molecular weight is 356 g/mol. The average Bonchev–Trinajstić information content (AvgIpc) is 2.88. The molecule has 7 nitrogen and oxygen atoms in total. The summed E-state index contributed by atoms with van der Waals surface area (Å²) in [5.41, 5.74) is 0.169. The van der Waals surface area contributed by atoms with E-state index in [-0.39, 0.29) is 10.7 Å². The fourth-order valence-corrected chi connectivity index (χ4v) is 2.89. The Morgan fingerprint density at radius 2 is 2.00 bits per heavy atom. The van der Waals surface area contributed by atoms with Crippen molar-refractivity contribution < 1.29 is 13.2 Å². The number of aromatic amines is 1. The molecule has 0 saturated heterocycles. The van der Waals surface area contributed by atoms with Crippen LogP contribution in [-0.4, -0.2) is 24.8 Å². The summed E-state index contributed by atoms with van der Waals surface area (Å²) in [5.74, 6) is 4.41. The number of para-hydroxylation sites is 1. The SMILES string of the molecule is C[C@@H](Sc1nnc(C(F)(F)F)n1N)c1nc2ccccc2c(=O)[nH]1. The normalized spacial score (nSPS) is 13.3. The molecule has 1 aromatic carbocycles. The highest BCUT2D eigenvalue weighted by atomic mass is 32.2. The quantitative estimate of drug-likeness (QED) is 0.550. The van der Waals surface area contributed by atoms with Gasteiger partial charge in [-0.2, -0.15) is 13.2 Å². The Balaban J connectivity index is 1.92. The molecule has 0 fully saturated rings. The lowest BCUT2D eigenvalue weighted by Crippen LogP contribution is -2.21. The largest absolute Gasteiger partial charge is 0.453 e. The van der Waals surface area contributed by atoms with Gasteiger partial charge in [0.15, 0.2) is 0 Å². The molecule has 0 spiro atoms. The Morgan fingerprint density at radius 1 is 1.29 bits per heavy atom. The van der Waals surface area contributed by atoms with Crippen LogP contribution in [-0.2, 0) is 6.18 Å². The standard InChI is InChI=1S/C13H11F3N6OS/c1-6(24-12-21-20-11(22(12)17)13(14,15)16)9-18-8-5-3-2-4-7(8)10(23)19-9/h2-6H,17H2,1H3,(H,18,19,23)/t6-/m1/s1. The zero-order valence-electron chi connectivity index (χ0n) is 12.2. The van der Waals surface area contributed by atoms with Crippen molar-refractivity contribution >= 4 is 22.7 Å². The van der Waals surface area contributed by atoms with Gasteiger partial charge in [0.05, 0.1) is 16.2 Å². The van der Waals surface area contributed by atoms with Crippen LogP contribution in [0.4, 0.5) is 13.2 Å². The van der Waals surface area contributed by atoms with Crippen molar-refractivity contribution in [1.29, 1.82) is 0 Å². The topological polar surface area (TPSA) is 102 Å². The van der Waals surface area contributed by atoms with Crippen molar-refractivity contribution in [2.45, 2.75) is 23.5 Å². The van der Waals surface area contributed by atoms with E-state index in [0.717, 1.165) is 11.8 Å². The number of benzene rings is 1. The number of nitrogens with zero attached hydrogens (tertiary/aromatic N) is 4. The number of rotatable bonds is 3. The maximum atomic E-state index is 12.7. The second kappa shape index (κ2) is 5.82. The van der Waals surface area contributed by atoms with Gasteiger partial charge >= 0.3 is 6.18 Å². The van der Waals surface area contributed by atoms with Gasteiger partial charge in [-0.1, -0.05) is 23.9 Å². The summed E-state index contributed by atoms with van der Waals surface area (Å²) in [6.45, 7) is 1.67. The highest BCUT2D eigenvalue weighted by Crippen LogP contribution is 2.34. The van der Waals surface area contributed by atoms with Crippen molar-refractivity contribution in [2.75, 3.05) is 5.84 Å². The molecule has 3 N–H and O–H groups in total. The molecule has 0 unspecified atom stereocenters. The molecule has 0 bridgehead atoms. The summed E-state index contributed by atoms with van der Waals surface area (Å²) in [6.07, 6.45) is -4.70. The molecule has 0 aliphatic heterocycles. The Morgan fingerprint density at radius 3 is 2.67 bits per heavy atom. The van der Waals surface area contributed by atoms with Gasteiger partial charge in [0.25, 0.3) is 11.4 Å². The number of nitrogens with one attached hydrogen (secondary N) is 1. The minimum absolute atomic E-state index is 0.134. The number of nitrogens with two attached hydrogens (primary N) is 1. The molecule has 24 heavy (non-hydrogen) atoms. The number of halogens is 3. The molecule has 0 aliphatic rings. The van der Waals surface area contributed by atoms with Crippen molar-refractivity contribution in [3.05, 3.63) is 46.3 Å². The highest BCUT2D eigenvalue weighted by Gasteiger charge is 2.38. The molecule has 0 amide bonds. The van der Waals surface area contributed by atoms with Crippen LogP contribution in [0.3, 0.4) is 0 Å². The number of fused-ring (bicyclic) bond motifs is 1. The molecular formula is C13H11F3N6OS. The highest BCUT2D eigenvalue weighted by molar-refractivity contribution is 7.99. The first-order valence-corrected chi connectivity index (χ1v) is 7.58. The van der Waals surface area contributed by atoms with Crippen LogP contribution < -0.4 is 11.4 Å². The van der Waals surface area contributed by atoms with E-state index in [1.165, 1.54) is 0 Å². The third-order valence-corrected chi connectivity index (χ3v) is 4.28. The van der Waals surface area contributed by atoms with E-state index in [1.807, 2.05) is 0 Å². The number of H-pyrrole nitrogens is 1. The monoisotopic (exact) mass is 356 g/mol. The van der Waals surface area contributed by atoms with Gasteiger partial charge in [0.1, 0.15) is 5.82 Å². The minimum Gasteiger partial charge on any atom is -0.335 e. The molecule has 2 aromatic heterocycles. The van der Waals surface area contributed by atoms with Crippen molar-refractivity contribution in [3.8, 4) is 0 Å². The Kier molecular flexibility index (Phi) is 3.95. The lowest BCUT2D eigenvalue weighted by molar-refractivity contribution is -0.146. The molecule has 126 valence electrons. The zero-order valence-corrected chi connectivity index (χ0v) is 13.0. The van der Waals surface area contributed by atoms with Crippen molar-refractivity contribution in [3.63, 3.8) is 0 Å². The molecule has 3 aromatic rings. The van der Waals surface area contributed by atoms with Crippen LogP contribution in [0.2, 0.25) is 0 Å². The van der Waals surface area contributed by atoms with Crippen LogP contribution in [0, 0.1) is 0 Å². The maximum absolute atomic E-state index is 12.7. The fourth-order valence-electron chi connectivity index (χ4n) is 2.06. The summed E-state index contributed by atoms with van der Waals surface area (Å²) >= 11 is 0.909. The second-order valence-electron chi connectivity index (χ2n) is 4.90. The summed E-state index contributed by atoms with van der Waals surface area (Å²) in [6, 6.07) is 6.77. The minimum atomic E-state index is -4.70. The van der Waals surface area contributed by atoms with Gasteiger partial charge in [0, 0.05) is 0 Å². The van der Waals surface area contributed by atoms with Crippen LogP contribution in [0.15, 0.2) is 34.2 Å². The predicted octanol–water partition coefficient (Wildman–Crippen LogP) is 2.10. The van der Waals surface area contributed by atoms with Crippen molar-refractivity contribution in [1.82, 2.24) is 24.8 Å². The van der Waals surface area contributed by atoms with Gasteiger partial charge in [-0.05, 0) is 19.1 Å². The summed E-state index contributed by atoms with van der Waals surface area (Å²) in [7, 11) is 0. The van der Waals surface area contributed by atoms with Crippen LogP contribution >= 0.6 is 11.8 Å². The summed E-state index contributed by atoms with van der Waals surface area (Å²) in [4.78, 5) is 19.0. The predicted molar refractivity (Wildman–Crippen MR) is 81.8 cm³/mol. The molecule has 1 atom stereocenters. The third-order valence-electron chi connectivity index (χ3n) is 3.22.